The quantitative estimate of drug-likeness (QED) is 0.513. The van der Waals surface area contributed by atoms with Gasteiger partial charge >= 0.3 is 6.03 Å². The van der Waals surface area contributed by atoms with Crippen molar-refractivity contribution in [1.29, 1.82) is 0 Å². The molecule has 4 amide bonds. The fourth-order valence-electron chi connectivity index (χ4n) is 2.60. The number of hydrogen-bond donors (Lipinski definition) is 1. The number of benzene rings is 2. The summed E-state index contributed by atoms with van der Waals surface area (Å²) in [6, 6.07) is 12.5. The molecule has 136 valence electrons. The maximum Gasteiger partial charge on any atom is 0.335 e. The highest BCUT2D eigenvalue weighted by atomic mass is 16.2. The summed E-state index contributed by atoms with van der Waals surface area (Å²) in [4.78, 5) is 53.3. The first-order valence-corrected chi connectivity index (χ1v) is 8.27. The number of nitrogens with one attached hydrogen (secondary N) is 1. The molecular weight excluding hydrogens is 346 g/mol. The Hall–Kier alpha value is -3.61. The average Bonchev–Trinajstić information content (AvgIpc) is 2.63. The van der Waals surface area contributed by atoms with Crippen molar-refractivity contribution in [1.82, 2.24) is 5.32 Å². The van der Waals surface area contributed by atoms with Crippen LogP contribution in [0.2, 0.25) is 0 Å². The second kappa shape index (κ2) is 7.33. The molecule has 1 unspecified atom stereocenters. The molecule has 27 heavy (non-hydrogen) atoms. The van der Waals surface area contributed by atoms with Crippen molar-refractivity contribution in [2.75, 3.05) is 4.90 Å². The Labute approximate surface area is 155 Å². The smallest absolute Gasteiger partial charge is 0.295 e. The van der Waals surface area contributed by atoms with Gasteiger partial charge in [-0.15, -0.1) is 0 Å². The van der Waals surface area contributed by atoms with Gasteiger partial charge in [-0.2, -0.15) is 0 Å². The van der Waals surface area contributed by atoms with E-state index in [1.54, 1.807) is 48.5 Å². The second-order valence-corrected chi connectivity index (χ2v) is 6.16. The number of imide groups is 2. The molecule has 2 aromatic rings. The van der Waals surface area contributed by atoms with E-state index in [1.165, 1.54) is 13.1 Å². The highest BCUT2D eigenvalue weighted by Gasteiger charge is 2.40. The van der Waals surface area contributed by atoms with Crippen molar-refractivity contribution in [3.8, 4) is 0 Å². The van der Waals surface area contributed by atoms with Crippen molar-refractivity contribution in [2.45, 2.75) is 13.8 Å². The van der Waals surface area contributed by atoms with E-state index in [0.717, 1.165) is 10.5 Å². The molecule has 1 fully saturated rings. The molecular formula is C20H17N3O4. The molecule has 0 aliphatic carbocycles. The fourth-order valence-corrected chi connectivity index (χ4v) is 2.60. The number of aliphatic imine (C=N–C) groups is 1. The summed E-state index contributed by atoms with van der Waals surface area (Å²) in [5, 5.41) is 2.17. The van der Waals surface area contributed by atoms with Crippen LogP contribution >= 0.6 is 0 Å². The maximum atomic E-state index is 12.7. The summed E-state index contributed by atoms with van der Waals surface area (Å²) in [7, 11) is 0. The summed E-state index contributed by atoms with van der Waals surface area (Å²) < 4.78 is 0. The van der Waals surface area contributed by atoms with E-state index in [9.17, 15) is 19.2 Å². The standard InChI is InChI=1S/C20H17N3O4/c1-12-3-9-16(10-4-12)23-19(26)17(18(25)22-20(23)27)11-21-15-7-5-14(6-8-15)13(2)24/h3-11,17H,1-2H3,(H,22,25,27). The zero-order valence-corrected chi connectivity index (χ0v) is 14.8. The molecule has 0 spiro atoms. The van der Waals surface area contributed by atoms with Crippen LogP contribution in [0.3, 0.4) is 0 Å². The molecule has 1 atom stereocenters. The highest BCUT2D eigenvalue weighted by molar-refractivity contribution is 6.32. The molecule has 7 heteroatoms. The molecule has 0 saturated carbocycles. The third-order valence-electron chi connectivity index (χ3n) is 4.14. The van der Waals surface area contributed by atoms with Gasteiger partial charge in [-0.05, 0) is 50.2 Å². The number of ketones is 1. The van der Waals surface area contributed by atoms with Gasteiger partial charge in [0.1, 0.15) is 0 Å². The average molecular weight is 363 g/mol. The molecule has 1 aliphatic heterocycles. The topological polar surface area (TPSA) is 95.9 Å². The second-order valence-electron chi connectivity index (χ2n) is 6.16. The summed E-state index contributed by atoms with van der Waals surface area (Å²) in [6.45, 7) is 3.35. The molecule has 1 saturated heterocycles. The van der Waals surface area contributed by atoms with E-state index in [0.29, 0.717) is 16.9 Å². The van der Waals surface area contributed by atoms with Crippen LogP contribution in [-0.2, 0) is 9.59 Å². The molecule has 2 aromatic carbocycles. The SMILES string of the molecule is CC(=O)c1ccc(N=CC2C(=O)NC(=O)N(c3ccc(C)cc3)C2=O)cc1. The van der Waals surface area contributed by atoms with E-state index in [2.05, 4.69) is 10.3 Å². The highest BCUT2D eigenvalue weighted by Crippen LogP contribution is 2.21. The Kier molecular flexibility index (Phi) is 4.94. The molecule has 1 N–H and O–H groups in total. The Morgan fingerprint density at radius 3 is 2.26 bits per heavy atom. The van der Waals surface area contributed by atoms with Crippen LogP contribution in [0.15, 0.2) is 53.5 Å². The van der Waals surface area contributed by atoms with Gasteiger partial charge in [0.2, 0.25) is 5.91 Å². The first kappa shape index (κ1) is 18.2. The van der Waals surface area contributed by atoms with Gasteiger partial charge in [0.05, 0.1) is 11.4 Å². The molecule has 1 heterocycles. The number of anilines is 1. The van der Waals surface area contributed by atoms with Crippen molar-refractivity contribution < 1.29 is 19.2 Å². The van der Waals surface area contributed by atoms with Crippen LogP contribution in [-0.4, -0.2) is 29.8 Å². The van der Waals surface area contributed by atoms with Crippen molar-refractivity contribution in [3.63, 3.8) is 0 Å². The summed E-state index contributed by atoms with van der Waals surface area (Å²) in [6.07, 6.45) is 1.20. The lowest BCUT2D eigenvalue weighted by molar-refractivity contribution is -0.131. The monoisotopic (exact) mass is 363 g/mol. The number of nitrogens with zero attached hydrogens (tertiary/aromatic N) is 2. The number of barbiturate groups is 1. The van der Waals surface area contributed by atoms with Crippen LogP contribution in [0.25, 0.3) is 0 Å². The molecule has 0 radical (unpaired) electrons. The van der Waals surface area contributed by atoms with Crippen LogP contribution in [0.4, 0.5) is 16.2 Å². The first-order valence-electron chi connectivity index (χ1n) is 8.27. The Morgan fingerprint density at radius 1 is 1.04 bits per heavy atom. The number of rotatable bonds is 4. The van der Waals surface area contributed by atoms with E-state index in [4.69, 9.17) is 0 Å². The van der Waals surface area contributed by atoms with E-state index < -0.39 is 23.8 Å². The van der Waals surface area contributed by atoms with E-state index in [1.807, 2.05) is 6.92 Å². The Morgan fingerprint density at radius 2 is 1.67 bits per heavy atom. The van der Waals surface area contributed by atoms with E-state index in [-0.39, 0.29) is 5.78 Å². The first-order chi connectivity index (χ1) is 12.9. The third-order valence-corrected chi connectivity index (χ3v) is 4.14. The molecule has 7 nitrogen and oxygen atoms in total. The van der Waals surface area contributed by atoms with Crippen LogP contribution in [0.1, 0.15) is 22.8 Å². The molecule has 1 aliphatic rings. The van der Waals surface area contributed by atoms with Crippen molar-refractivity contribution >= 4 is 41.2 Å². The van der Waals surface area contributed by atoms with Crippen LogP contribution < -0.4 is 10.2 Å². The normalized spacial score (nSPS) is 17.3. The van der Waals surface area contributed by atoms with Crippen LogP contribution in [0.5, 0.6) is 0 Å². The minimum Gasteiger partial charge on any atom is -0.295 e. The van der Waals surface area contributed by atoms with Gasteiger partial charge in [0.25, 0.3) is 5.91 Å². The van der Waals surface area contributed by atoms with Gasteiger partial charge in [-0.1, -0.05) is 17.7 Å². The van der Waals surface area contributed by atoms with E-state index >= 15 is 0 Å². The Balaban J connectivity index is 1.84. The molecule has 0 aromatic heterocycles. The largest absolute Gasteiger partial charge is 0.335 e. The maximum absolute atomic E-state index is 12.7. The zero-order valence-electron chi connectivity index (χ0n) is 14.8. The number of amides is 4. The minimum atomic E-state index is -1.23. The van der Waals surface area contributed by atoms with Crippen LogP contribution in [0, 0.1) is 12.8 Å². The molecule has 0 bridgehead atoms. The fraction of sp³-hybridized carbons (Fsp3) is 0.150. The number of urea groups is 1. The van der Waals surface area contributed by atoms with Gasteiger partial charge in [0.15, 0.2) is 11.7 Å². The number of carbonyl (C=O) groups excluding carboxylic acids is 4. The summed E-state index contributed by atoms with van der Waals surface area (Å²) in [5.41, 5.74) is 2.38. The minimum absolute atomic E-state index is 0.0698. The van der Waals surface area contributed by atoms with Gasteiger partial charge < -0.3 is 0 Å². The molecule has 3 rings (SSSR count). The zero-order chi connectivity index (χ0) is 19.6. The van der Waals surface area contributed by atoms with Gasteiger partial charge in [0, 0.05) is 11.8 Å². The predicted molar refractivity (Wildman–Crippen MR) is 100 cm³/mol. The summed E-state index contributed by atoms with van der Waals surface area (Å²) >= 11 is 0. The lowest BCUT2D eigenvalue weighted by Gasteiger charge is -2.28. The van der Waals surface area contributed by atoms with Gasteiger partial charge in [-0.3, -0.25) is 24.7 Å². The number of carbonyl (C=O) groups is 4. The predicted octanol–water partition coefficient (Wildman–Crippen LogP) is 2.80. The summed E-state index contributed by atoms with van der Waals surface area (Å²) in [5.74, 6) is -2.69. The Bertz CT molecular complexity index is 946. The number of aryl methyl sites for hydroxylation is 1. The van der Waals surface area contributed by atoms with Gasteiger partial charge in [-0.25, -0.2) is 9.69 Å². The number of hydrogen-bond acceptors (Lipinski definition) is 5. The van der Waals surface area contributed by atoms with Crippen molar-refractivity contribution in [2.24, 2.45) is 10.9 Å². The number of Topliss-reactive ketones (excluding diaryl/α,β-unsaturated/α-hetero) is 1. The lowest BCUT2D eigenvalue weighted by atomic mass is 10.1. The third kappa shape index (κ3) is 3.82. The van der Waals surface area contributed by atoms with Crippen molar-refractivity contribution in [3.05, 3.63) is 59.7 Å². The lowest BCUT2D eigenvalue weighted by Crippen LogP contribution is -2.58.